The topological polar surface area (TPSA) is 254 Å². The molecule has 3 amide bonds. The van der Waals surface area contributed by atoms with Gasteiger partial charge in [-0.25, -0.2) is 4.79 Å². The predicted octanol–water partition coefficient (Wildman–Crippen LogP) is 4.46. The van der Waals surface area contributed by atoms with Crippen molar-refractivity contribution in [3.63, 3.8) is 0 Å². The number of carbonyl (C=O) groups is 5. The molecule has 3 rings (SSSR count). The molecular formula is C45H73F2N9O10S. The number of ether oxygens (including phenoxy) is 2. The number of nitrogens with zero attached hydrogens (tertiary/aromatic N) is 7. The number of aliphatic hydroxyl groups excluding tert-OH is 1. The molecule has 3 atom stereocenters. The van der Waals surface area contributed by atoms with Crippen LogP contribution in [0.25, 0.3) is 0 Å². The van der Waals surface area contributed by atoms with Gasteiger partial charge in [0.2, 0.25) is 23.9 Å². The van der Waals surface area contributed by atoms with Gasteiger partial charge in [0.15, 0.2) is 6.10 Å². The number of anilines is 1. The van der Waals surface area contributed by atoms with Crippen molar-refractivity contribution in [1.29, 1.82) is 0 Å². The number of alkyl halides is 2. The quantitative estimate of drug-likeness (QED) is 0.0679. The number of amides is 3. The van der Waals surface area contributed by atoms with Crippen molar-refractivity contribution >= 4 is 47.2 Å². The number of hydrogen-bond donors (Lipinski definition) is 4. The molecule has 2 aromatic heterocycles. The summed E-state index contributed by atoms with van der Waals surface area (Å²) in [6, 6.07) is 1.13. The monoisotopic (exact) mass is 970 g/mol. The summed E-state index contributed by atoms with van der Waals surface area (Å²) in [5.41, 5.74) is 2.85. The zero-order chi connectivity index (χ0) is 50.5. The molecule has 0 radical (unpaired) electrons. The van der Waals surface area contributed by atoms with Crippen molar-refractivity contribution in [2.75, 3.05) is 43.5 Å². The van der Waals surface area contributed by atoms with E-state index in [1.165, 1.54) is 16.4 Å². The number of halogens is 2. The zero-order valence-electron chi connectivity index (χ0n) is 40.8. The first-order valence-corrected chi connectivity index (χ1v) is 24.1. The van der Waals surface area contributed by atoms with Crippen LogP contribution < -0.4 is 16.7 Å². The SMILES string of the molecule is CCC(=O)N(CCC(C)(C)C(C)(C)N(CCSCCC(=O)O)C(=O)CC)C(C)(C)C(C)(C)CCNC(=O)CCCc1cn(CCC(=O)O[C@H]2C(CO)O[C@@H](n3ccc(N)nc3=O)C2(F)F)nn1. The number of carboxylic acid groups (broad SMARTS) is 1. The second-order valence-corrected chi connectivity index (χ2v) is 20.4. The van der Waals surface area contributed by atoms with Gasteiger partial charge in [0, 0.05) is 73.9 Å². The fraction of sp³-hybridized carbons (Fsp3) is 0.756. The second kappa shape index (κ2) is 24.0. The van der Waals surface area contributed by atoms with Gasteiger partial charge in [0.05, 0.1) is 31.7 Å². The molecule has 1 saturated heterocycles. The van der Waals surface area contributed by atoms with Gasteiger partial charge in [0.25, 0.3) is 0 Å². The normalized spacial score (nSPS) is 17.5. The van der Waals surface area contributed by atoms with Crippen LogP contribution in [-0.4, -0.2) is 141 Å². The van der Waals surface area contributed by atoms with Crippen LogP contribution in [0.1, 0.15) is 133 Å². The summed E-state index contributed by atoms with van der Waals surface area (Å²) < 4.78 is 42.9. The maximum atomic E-state index is 15.4. The highest BCUT2D eigenvalue weighted by Gasteiger charge is 2.62. The number of aliphatic hydroxyl groups is 1. The summed E-state index contributed by atoms with van der Waals surface area (Å²) >= 11 is 1.51. The van der Waals surface area contributed by atoms with Crippen LogP contribution in [0.2, 0.25) is 0 Å². The number of esters is 1. The molecule has 0 saturated carbocycles. The lowest BCUT2D eigenvalue weighted by Gasteiger charge is -2.53. The molecule has 0 spiro atoms. The minimum absolute atomic E-state index is 0.00560. The molecule has 19 nitrogen and oxygen atoms in total. The smallest absolute Gasteiger partial charge is 0.351 e. The Labute approximate surface area is 396 Å². The van der Waals surface area contributed by atoms with Gasteiger partial charge in [-0.05, 0) is 70.3 Å². The van der Waals surface area contributed by atoms with Crippen LogP contribution in [0, 0.1) is 10.8 Å². The van der Waals surface area contributed by atoms with Gasteiger partial charge >= 0.3 is 23.6 Å². The second-order valence-electron chi connectivity index (χ2n) is 19.2. The van der Waals surface area contributed by atoms with E-state index in [-0.39, 0.29) is 49.3 Å². The number of nitrogens with one attached hydrogen (secondary N) is 1. The number of thioether (sulfide) groups is 1. The van der Waals surface area contributed by atoms with Gasteiger partial charge in [-0.2, -0.15) is 25.5 Å². The number of hydrogen-bond acceptors (Lipinski definition) is 14. The molecule has 1 aliphatic heterocycles. The van der Waals surface area contributed by atoms with E-state index < -0.39 is 70.5 Å². The molecule has 1 unspecified atom stereocenters. The van der Waals surface area contributed by atoms with Crippen molar-refractivity contribution < 1.29 is 52.4 Å². The average molecular weight is 970 g/mol. The van der Waals surface area contributed by atoms with Crippen molar-refractivity contribution in [2.24, 2.45) is 10.8 Å². The molecular weight excluding hydrogens is 897 g/mol. The Hall–Kier alpha value is -4.70. The minimum atomic E-state index is -3.90. The number of carbonyl (C=O) groups excluding carboxylic acids is 4. The Bertz CT molecular complexity index is 2060. The molecule has 1 fully saturated rings. The zero-order valence-corrected chi connectivity index (χ0v) is 41.6. The molecule has 1 aliphatic rings. The van der Waals surface area contributed by atoms with E-state index >= 15 is 8.78 Å². The summed E-state index contributed by atoms with van der Waals surface area (Å²) in [6.45, 7) is 20.6. The van der Waals surface area contributed by atoms with Crippen molar-refractivity contribution in [1.82, 2.24) is 39.7 Å². The van der Waals surface area contributed by atoms with E-state index in [0.717, 1.165) is 12.3 Å². The van der Waals surface area contributed by atoms with E-state index in [2.05, 4.69) is 76.0 Å². The van der Waals surface area contributed by atoms with Gasteiger partial charge in [-0.1, -0.05) is 46.8 Å². The third-order valence-corrected chi connectivity index (χ3v) is 14.6. The lowest BCUT2D eigenvalue weighted by Crippen LogP contribution is -2.60. The Morgan fingerprint density at radius 3 is 2.13 bits per heavy atom. The third kappa shape index (κ3) is 14.7. The first-order valence-electron chi connectivity index (χ1n) is 22.9. The van der Waals surface area contributed by atoms with Crippen molar-refractivity contribution in [3.05, 3.63) is 34.6 Å². The van der Waals surface area contributed by atoms with Crippen LogP contribution in [0.4, 0.5) is 14.6 Å². The maximum Gasteiger partial charge on any atom is 0.351 e. The molecule has 22 heteroatoms. The lowest BCUT2D eigenvalue weighted by molar-refractivity contribution is -0.176. The van der Waals surface area contributed by atoms with E-state index in [9.17, 15) is 33.9 Å². The number of aryl methyl sites for hydroxylation is 2. The highest BCUT2D eigenvalue weighted by Crippen LogP contribution is 2.45. The van der Waals surface area contributed by atoms with Gasteiger partial charge in [-0.15, -0.1) is 5.10 Å². The van der Waals surface area contributed by atoms with Crippen LogP contribution >= 0.6 is 11.8 Å². The Morgan fingerprint density at radius 1 is 0.940 bits per heavy atom. The van der Waals surface area contributed by atoms with Crippen molar-refractivity contribution in [2.45, 2.75) is 169 Å². The molecule has 2 aromatic rings. The summed E-state index contributed by atoms with van der Waals surface area (Å²) in [5, 5.41) is 29.8. The van der Waals surface area contributed by atoms with E-state index in [1.54, 1.807) is 6.20 Å². The van der Waals surface area contributed by atoms with Crippen LogP contribution in [0.3, 0.4) is 0 Å². The molecule has 0 aliphatic carbocycles. The highest BCUT2D eigenvalue weighted by atomic mass is 32.2. The van der Waals surface area contributed by atoms with E-state index in [4.69, 9.17) is 20.3 Å². The molecule has 0 bridgehead atoms. The Kier molecular flexibility index (Phi) is 20.3. The van der Waals surface area contributed by atoms with Crippen LogP contribution in [0.5, 0.6) is 0 Å². The van der Waals surface area contributed by atoms with Crippen LogP contribution in [0.15, 0.2) is 23.3 Å². The third-order valence-electron chi connectivity index (χ3n) is 13.7. The highest BCUT2D eigenvalue weighted by molar-refractivity contribution is 7.99. The first-order chi connectivity index (χ1) is 31.2. The minimum Gasteiger partial charge on any atom is -0.481 e. The molecule has 5 N–H and O–H groups in total. The van der Waals surface area contributed by atoms with Gasteiger partial charge < -0.3 is 40.5 Å². The first kappa shape index (κ1) is 56.6. The fourth-order valence-corrected chi connectivity index (χ4v) is 8.67. The van der Waals surface area contributed by atoms with E-state index in [1.807, 2.05) is 23.6 Å². The van der Waals surface area contributed by atoms with Gasteiger partial charge in [-0.3, -0.25) is 33.2 Å². The Balaban J connectivity index is 1.50. The summed E-state index contributed by atoms with van der Waals surface area (Å²) in [6.07, 6.45) is -0.838. The van der Waals surface area contributed by atoms with Crippen molar-refractivity contribution in [3.8, 4) is 0 Å². The standard InChI is InChI=1S/C45H73F2N9O10S/c1-11-34(59)55(24-20-42(5,6)44(9,10)56(35(60)12-2)25-27-67-26-18-36(61)62)43(7,8)41(3,4)19-21-49-33(58)15-13-14-30-28-53(52-51-30)22-17-37(63)66-38-31(29-57)65-39(45(38,46)47)54-23-16-32(48)50-40(54)64/h16,23,28,31,38-39,57H,11-15,17-22,24-27,29H2,1-10H3,(H,49,58)(H,61,62)(H2,48,50,64)/t31?,38-,39+/m0/s1. The number of nitrogens with two attached hydrogens (primary N) is 1. The largest absolute Gasteiger partial charge is 0.481 e. The van der Waals surface area contributed by atoms with Gasteiger partial charge in [0.1, 0.15) is 11.9 Å². The molecule has 3 heterocycles. The number of rotatable bonds is 28. The molecule has 67 heavy (non-hydrogen) atoms. The van der Waals surface area contributed by atoms with E-state index in [0.29, 0.717) is 79.9 Å². The average Bonchev–Trinajstić information content (AvgIpc) is 3.80. The summed E-state index contributed by atoms with van der Waals surface area (Å²) in [5.74, 6) is -4.99. The fourth-order valence-electron chi connectivity index (χ4n) is 7.83. The summed E-state index contributed by atoms with van der Waals surface area (Å²) in [4.78, 5) is 83.0. The number of carboxylic acids is 1. The Morgan fingerprint density at radius 2 is 1.55 bits per heavy atom. The van der Waals surface area contributed by atoms with Crippen LogP contribution in [-0.2, 0) is 46.4 Å². The lowest BCUT2D eigenvalue weighted by atomic mass is 9.68. The number of nitrogen functional groups attached to an aromatic ring is 1. The maximum absolute atomic E-state index is 15.4. The predicted molar refractivity (Wildman–Crippen MR) is 248 cm³/mol. The number of aromatic nitrogens is 5. The summed E-state index contributed by atoms with van der Waals surface area (Å²) in [7, 11) is 0. The molecule has 0 aromatic carbocycles. The number of aliphatic carboxylic acids is 1. The molecule has 378 valence electrons.